The number of carboxylic acid groups (broad SMARTS) is 4. The van der Waals surface area contributed by atoms with Crippen LogP contribution in [0.2, 0.25) is 0 Å². The van der Waals surface area contributed by atoms with Gasteiger partial charge in [-0.25, -0.2) is 19.2 Å². The molecule has 0 spiro atoms. The largest absolute Gasteiger partial charge is 0.478 e. The van der Waals surface area contributed by atoms with Gasteiger partial charge in [-0.15, -0.1) is 0 Å². The van der Waals surface area contributed by atoms with E-state index in [1.54, 1.807) is 36.4 Å². The van der Waals surface area contributed by atoms with E-state index in [0.29, 0.717) is 23.3 Å². The summed E-state index contributed by atoms with van der Waals surface area (Å²) in [5.41, 5.74) is 0.989. The lowest BCUT2D eigenvalue weighted by atomic mass is 9.95. The standard InChI is InChI=1S/C14H10O4.C4H4O4/c15-13(16)11-7-3-1-5-9(11)10-6-2-4-8-12(10)14(17)18;5-3(6)1-2-4(7)8/h1-8H,(H,15,16)(H,17,18);1-2H,(H,5,6)(H,7,8). The van der Waals surface area contributed by atoms with Crippen LogP contribution in [0, 0.1) is 0 Å². The van der Waals surface area contributed by atoms with Crippen molar-refractivity contribution in [2.75, 3.05) is 0 Å². The number of carbonyl (C=O) groups is 4. The van der Waals surface area contributed by atoms with E-state index in [2.05, 4.69) is 0 Å². The molecule has 0 saturated carbocycles. The van der Waals surface area contributed by atoms with E-state index in [1.165, 1.54) is 12.1 Å². The van der Waals surface area contributed by atoms with Crippen LogP contribution in [0.15, 0.2) is 60.7 Å². The Hall–Kier alpha value is -3.94. The first-order valence-electron chi connectivity index (χ1n) is 7.03. The summed E-state index contributed by atoms with van der Waals surface area (Å²) in [6.07, 6.45) is 1.12. The zero-order chi connectivity index (χ0) is 19.7. The predicted octanol–water partition coefficient (Wildman–Crippen LogP) is 2.46. The Morgan fingerprint density at radius 2 is 0.885 bits per heavy atom. The van der Waals surface area contributed by atoms with E-state index in [0.717, 1.165) is 0 Å². The van der Waals surface area contributed by atoms with Gasteiger partial charge in [0.25, 0.3) is 0 Å². The molecule has 0 bridgehead atoms. The normalized spacial score (nSPS) is 9.85. The van der Waals surface area contributed by atoms with E-state index in [4.69, 9.17) is 20.4 Å². The van der Waals surface area contributed by atoms with Gasteiger partial charge in [0.2, 0.25) is 0 Å². The van der Waals surface area contributed by atoms with Crippen LogP contribution in [0.1, 0.15) is 20.7 Å². The first kappa shape index (κ1) is 20.1. The van der Waals surface area contributed by atoms with E-state index < -0.39 is 23.9 Å². The second kappa shape index (κ2) is 9.38. The van der Waals surface area contributed by atoms with Crippen molar-refractivity contribution in [3.05, 3.63) is 71.8 Å². The molecule has 0 aliphatic carbocycles. The van der Waals surface area contributed by atoms with Crippen molar-refractivity contribution in [2.45, 2.75) is 0 Å². The molecule has 0 amide bonds. The monoisotopic (exact) mass is 358 g/mol. The summed E-state index contributed by atoms with van der Waals surface area (Å²) < 4.78 is 0. The van der Waals surface area contributed by atoms with Crippen LogP contribution in [-0.2, 0) is 9.59 Å². The molecule has 0 aromatic heterocycles. The maximum Gasteiger partial charge on any atom is 0.336 e. The molecule has 4 N–H and O–H groups in total. The molecule has 0 aliphatic heterocycles. The number of hydrogen-bond acceptors (Lipinski definition) is 4. The lowest BCUT2D eigenvalue weighted by Crippen LogP contribution is -2.03. The van der Waals surface area contributed by atoms with Crippen molar-refractivity contribution < 1.29 is 39.6 Å². The van der Waals surface area contributed by atoms with E-state index >= 15 is 0 Å². The molecule has 0 radical (unpaired) electrons. The van der Waals surface area contributed by atoms with Gasteiger partial charge in [-0.2, -0.15) is 0 Å². The number of carboxylic acids is 4. The van der Waals surface area contributed by atoms with Gasteiger partial charge >= 0.3 is 23.9 Å². The maximum absolute atomic E-state index is 11.1. The SMILES string of the molecule is O=C(O)C=CC(=O)O.O=C(O)c1ccccc1-c1ccccc1C(=O)O. The molecule has 8 heteroatoms. The molecule has 2 rings (SSSR count). The molecule has 26 heavy (non-hydrogen) atoms. The molecule has 2 aromatic rings. The zero-order valence-corrected chi connectivity index (χ0v) is 13.2. The molecule has 8 nitrogen and oxygen atoms in total. The minimum Gasteiger partial charge on any atom is -0.478 e. The summed E-state index contributed by atoms with van der Waals surface area (Å²) >= 11 is 0. The van der Waals surface area contributed by atoms with Crippen molar-refractivity contribution in [3.8, 4) is 11.1 Å². The average molecular weight is 358 g/mol. The second-order valence-electron chi connectivity index (χ2n) is 4.71. The summed E-state index contributed by atoms with van der Waals surface area (Å²) in [6.45, 7) is 0. The maximum atomic E-state index is 11.1. The molecule has 0 aliphatic rings. The van der Waals surface area contributed by atoms with Crippen molar-refractivity contribution in [3.63, 3.8) is 0 Å². The Balaban J connectivity index is 0.000000359. The summed E-state index contributed by atoms with van der Waals surface area (Å²) in [4.78, 5) is 41.4. The topological polar surface area (TPSA) is 149 Å². The number of rotatable bonds is 5. The Morgan fingerprint density at radius 1 is 0.577 bits per heavy atom. The molecule has 2 aromatic carbocycles. The number of aromatic carboxylic acids is 2. The molecule has 134 valence electrons. The van der Waals surface area contributed by atoms with Gasteiger partial charge in [0.1, 0.15) is 0 Å². The van der Waals surface area contributed by atoms with E-state index in [-0.39, 0.29) is 11.1 Å². The summed E-state index contributed by atoms with van der Waals surface area (Å²) in [5, 5.41) is 33.8. The highest BCUT2D eigenvalue weighted by atomic mass is 16.4. The molecular formula is C18H14O8. The first-order chi connectivity index (χ1) is 12.2. The fourth-order valence-corrected chi connectivity index (χ4v) is 1.95. The molecule has 0 heterocycles. The van der Waals surface area contributed by atoms with Crippen LogP contribution in [0.25, 0.3) is 11.1 Å². The average Bonchev–Trinajstić information content (AvgIpc) is 2.60. The third-order valence-electron chi connectivity index (χ3n) is 2.97. The van der Waals surface area contributed by atoms with Crippen LogP contribution < -0.4 is 0 Å². The van der Waals surface area contributed by atoms with Gasteiger partial charge in [-0.1, -0.05) is 36.4 Å². The zero-order valence-electron chi connectivity index (χ0n) is 13.2. The van der Waals surface area contributed by atoms with Crippen molar-refractivity contribution in [1.82, 2.24) is 0 Å². The summed E-state index contributed by atoms with van der Waals surface area (Å²) in [6, 6.07) is 12.7. The quantitative estimate of drug-likeness (QED) is 0.595. The van der Waals surface area contributed by atoms with E-state index in [1.807, 2.05) is 0 Å². The third kappa shape index (κ3) is 5.93. The van der Waals surface area contributed by atoms with Gasteiger partial charge in [-0.05, 0) is 23.3 Å². The van der Waals surface area contributed by atoms with Crippen LogP contribution in [0.5, 0.6) is 0 Å². The molecular weight excluding hydrogens is 344 g/mol. The highest BCUT2D eigenvalue weighted by molar-refractivity contribution is 6.02. The molecule has 0 fully saturated rings. The molecule has 0 atom stereocenters. The molecule has 0 unspecified atom stereocenters. The van der Waals surface area contributed by atoms with Crippen molar-refractivity contribution in [1.29, 1.82) is 0 Å². The smallest absolute Gasteiger partial charge is 0.336 e. The van der Waals surface area contributed by atoms with Gasteiger partial charge < -0.3 is 20.4 Å². The third-order valence-corrected chi connectivity index (χ3v) is 2.97. The molecule has 0 saturated heterocycles. The predicted molar refractivity (Wildman–Crippen MR) is 90.2 cm³/mol. The Labute approximate surface area is 147 Å². The van der Waals surface area contributed by atoms with E-state index in [9.17, 15) is 19.2 Å². The fourth-order valence-electron chi connectivity index (χ4n) is 1.95. The first-order valence-corrected chi connectivity index (χ1v) is 7.03. The van der Waals surface area contributed by atoms with Gasteiger partial charge in [-0.3, -0.25) is 0 Å². The fraction of sp³-hybridized carbons (Fsp3) is 0. The Kier molecular flexibility index (Phi) is 7.25. The van der Waals surface area contributed by atoms with Gasteiger partial charge in [0.05, 0.1) is 11.1 Å². The minimum absolute atomic E-state index is 0.0891. The van der Waals surface area contributed by atoms with Crippen LogP contribution in [0.3, 0.4) is 0 Å². The van der Waals surface area contributed by atoms with Crippen molar-refractivity contribution in [2.24, 2.45) is 0 Å². The Bertz CT molecular complexity index is 795. The van der Waals surface area contributed by atoms with Gasteiger partial charge in [0, 0.05) is 12.2 Å². The second-order valence-corrected chi connectivity index (χ2v) is 4.71. The minimum atomic E-state index is -1.26. The lowest BCUT2D eigenvalue weighted by Gasteiger charge is -2.08. The summed E-state index contributed by atoms with van der Waals surface area (Å²) in [7, 11) is 0. The number of benzene rings is 2. The lowest BCUT2D eigenvalue weighted by molar-refractivity contribution is -0.134. The van der Waals surface area contributed by atoms with Crippen LogP contribution >= 0.6 is 0 Å². The van der Waals surface area contributed by atoms with Gasteiger partial charge in [0.15, 0.2) is 0 Å². The van der Waals surface area contributed by atoms with Crippen LogP contribution in [0.4, 0.5) is 0 Å². The summed E-state index contributed by atoms with van der Waals surface area (Å²) in [5.74, 6) is -4.67. The van der Waals surface area contributed by atoms with Crippen LogP contribution in [-0.4, -0.2) is 44.3 Å². The highest BCUT2D eigenvalue weighted by Crippen LogP contribution is 2.27. The highest BCUT2D eigenvalue weighted by Gasteiger charge is 2.16. The van der Waals surface area contributed by atoms with Crippen molar-refractivity contribution >= 4 is 23.9 Å². The number of aliphatic carboxylic acids is 2. The number of hydrogen-bond donors (Lipinski definition) is 4. The Morgan fingerprint density at radius 3 is 1.15 bits per heavy atom.